The van der Waals surface area contributed by atoms with Gasteiger partial charge in [0.25, 0.3) is 0 Å². The third kappa shape index (κ3) is 1.46. The molecule has 0 bridgehead atoms. The van der Waals surface area contributed by atoms with Crippen molar-refractivity contribution in [3.63, 3.8) is 0 Å². The number of nitriles is 1. The second kappa shape index (κ2) is 3.30. The summed E-state index contributed by atoms with van der Waals surface area (Å²) in [5, 5.41) is 8.77. The van der Waals surface area contributed by atoms with Crippen molar-refractivity contribution in [3.8, 4) is 6.07 Å². The standard InChI is InChI=1S/C8H13NS/c1-6(2)8(3-9)7-4-10-5-7/h6-8H,4-5H2,1-2H3. The summed E-state index contributed by atoms with van der Waals surface area (Å²) >= 11 is 1.96. The van der Waals surface area contributed by atoms with Crippen LogP contribution in [0.3, 0.4) is 0 Å². The first-order chi connectivity index (χ1) is 4.75. The Morgan fingerprint density at radius 2 is 2.10 bits per heavy atom. The molecule has 1 rings (SSSR count). The van der Waals surface area contributed by atoms with Crippen molar-refractivity contribution in [2.75, 3.05) is 11.5 Å². The Morgan fingerprint density at radius 1 is 1.50 bits per heavy atom. The first kappa shape index (κ1) is 7.94. The van der Waals surface area contributed by atoms with Crippen molar-refractivity contribution in [2.24, 2.45) is 17.8 Å². The van der Waals surface area contributed by atoms with Gasteiger partial charge in [-0.15, -0.1) is 0 Å². The van der Waals surface area contributed by atoms with Gasteiger partial charge < -0.3 is 0 Å². The van der Waals surface area contributed by atoms with Gasteiger partial charge >= 0.3 is 0 Å². The van der Waals surface area contributed by atoms with E-state index in [9.17, 15) is 0 Å². The van der Waals surface area contributed by atoms with E-state index >= 15 is 0 Å². The van der Waals surface area contributed by atoms with Crippen LogP contribution in [0.25, 0.3) is 0 Å². The van der Waals surface area contributed by atoms with Gasteiger partial charge in [0.2, 0.25) is 0 Å². The highest BCUT2D eigenvalue weighted by Crippen LogP contribution is 2.34. The van der Waals surface area contributed by atoms with Gasteiger partial charge in [0.15, 0.2) is 0 Å². The van der Waals surface area contributed by atoms with Crippen LogP contribution in [-0.2, 0) is 0 Å². The molecule has 0 aromatic rings. The van der Waals surface area contributed by atoms with E-state index in [0.717, 1.165) is 0 Å². The highest BCUT2D eigenvalue weighted by molar-refractivity contribution is 8.00. The van der Waals surface area contributed by atoms with Gasteiger partial charge in [-0.2, -0.15) is 17.0 Å². The Morgan fingerprint density at radius 3 is 2.20 bits per heavy atom. The lowest BCUT2D eigenvalue weighted by molar-refractivity contribution is 0.363. The average Bonchev–Trinajstić information content (AvgIpc) is 1.76. The molecule has 0 radical (unpaired) electrons. The largest absolute Gasteiger partial charge is 0.198 e. The quantitative estimate of drug-likeness (QED) is 0.610. The summed E-state index contributed by atoms with van der Waals surface area (Å²) in [5.41, 5.74) is 0. The first-order valence-electron chi connectivity index (χ1n) is 3.73. The van der Waals surface area contributed by atoms with E-state index in [2.05, 4.69) is 19.9 Å². The normalized spacial score (nSPS) is 21.8. The van der Waals surface area contributed by atoms with Crippen molar-refractivity contribution in [2.45, 2.75) is 13.8 Å². The van der Waals surface area contributed by atoms with Gasteiger partial charge in [-0.25, -0.2) is 0 Å². The van der Waals surface area contributed by atoms with Crippen molar-refractivity contribution >= 4 is 11.8 Å². The Labute approximate surface area is 66.8 Å². The maximum atomic E-state index is 8.77. The summed E-state index contributed by atoms with van der Waals surface area (Å²) in [7, 11) is 0. The first-order valence-corrected chi connectivity index (χ1v) is 4.88. The third-order valence-corrected chi connectivity index (χ3v) is 3.37. The summed E-state index contributed by atoms with van der Waals surface area (Å²) in [5.74, 6) is 3.94. The van der Waals surface area contributed by atoms with Crippen LogP contribution in [0, 0.1) is 29.1 Å². The molecular weight excluding hydrogens is 142 g/mol. The minimum absolute atomic E-state index is 0.307. The molecule has 10 heavy (non-hydrogen) atoms. The van der Waals surface area contributed by atoms with Crippen molar-refractivity contribution < 1.29 is 0 Å². The number of rotatable bonds is 2. The van der Waals surface area contributed by atoms with Crippen molar-refractivity contribution in [1.29, 1.82) is 5.26 Å². The molecule has 0 saturated carbocycles. The van der Waals surface area contributed by atoms with Gasteiger partial charge in [0, 0.05) is 0 Å². The average molecular weight is 155 g/mol. The minimum atomic E-state index is 0.307. The van der Waals surface area contributed by atoms with E-state index in [-0.39, 0.29) is 0 Å². The van der Waals surface area contributed by atoms with Crippen LogP contribution in [0.4, 0.5) is 0 Å². The van der Waals surface area contributed by atoms with Crippen molar-refractivity contribution in [3.05, 3.63) is 0 Å². The summed E-state index contributed by atoms with van der Waals surface area (Å²) in [6.07, 6.45) is 0. The summed E-state index contributed by atoms with van der Waals surface area (Å²) in [6, 6.07) is 2.39. The number of nitrogens with zero attached hydrogens (tertiary/aromatic N) is 1. The van der Waals surface area contributed by atoms with E-state index in [1.165, 1.54) is 11.5 Å². The van der Waals surface area contributed by atoms with Crippen LogP contribution in [0.2, 0.25) is 0 Å². The molecule has 2 heteroatoms. The zero-order valence-electron chi connectivity index (χ0n) is 6.50. The lowest BCUT2D eigenvalue weighted by Gasteiger charge is -2.31. The number of thioether (sulfide) groups is 1. The highest BCUT2D eigenvalue weighted by Gasteiger charge is 2.29. The molecule has 1 heterocycles. The predicted octanol–water partition coefficient (Wildman–Crippen LogP) is 2.15. The van der Waals surface area contributed by atoms with E-state index in [1.807, 2.05) is 11.8 Å². The van der Waals surface area contributed by atoms with E-state index in [0.29, 0.717) is 17.8 Å². The summed E-state index contributed by atoms with van der Waals surface area (Å²) in [4.78, 5) is 0. The van der Waals surface area contributed by atoms with Crippen LogP contribution in [0.5, 0.6) is 0 Å². The second-order valence-corrected chi connectivity index (χ2v) is 4.27. The maximum Gasteiger partial charge on any atom is 0.0662 e. The highest BCUT2D eigenvalue weighted by atomic mass is 32.2. The molecule has 1 fully saturated rings. The molecule has 1 nitrogen and oxygen atoms in total. The summed E-state index contributed by atoms with van der Waals surface area (Å²) < 4.78 is 0. The lowest BCUT2D eigenvalue weighted by Crippen LogP contribution is -2.29. The van der Waals surface area contributed by atoms with Gasteiger partial charge in [-0.05, 0) is 23.3 Å². The molecule has 0 aromatic heterocycles. The number of hydrogen-bond acceptors (Lipinski definition) is 2. The van der Waals surface area contributed by atoms with Crippen LogP contribution >= 0.6 is 11.8 Å². The predicted molar refractivity (Wildman–Crippen MR) is 44.8 cm³/mol. The Balaban J connectivity index is 2.41. The summed E-state index contributed by atoms with van der Waals surface area (Å²) in [6.45, 7) is 4.27. The van der Waals surface area contributed by atoms with Crippen LogP contribution in [-0.4, -0.2) is 11.5 Å². The lowest BCUT2D eigenvalue weighted by atomic mass is 9.86. The Bertz CT molecular complexity index is 144. The van der Waals surface area contributed by atoms with Crippen molar-refractivity contribution in [1.82, 2.24) is 0 Å². The molecule has 1 aliphatic rings. The van der Waals surface area contributed by atoms with Gasteiger partial charge in [-0.1, -0.05) is 13.8 Å². The number of hydrogen-bond donors (Lipinski definition) is 0. The Hall–Kier alpha value is -0.160. The third-order valence-electron chi connectivity index (χ3n) is 2.04. The fraction of sp³-hybridized carbons (Fsp3) is 0.875. The fourth-order valence-electron chi connectivity index (χ4n) is 1.26. The molecule has 1 aliphatic heterocycles. The Kier molecular flexibility index (Phi) is 2.62. The smallest absolute Gasteiger partial charge is 0.0662 e. The van der Waals surface area contributed by atoms with Gasteiger partial charge in [0.05, 0.1) is 12.0 Å². The van der Waals surface area contributed by atoms with E-state index in [4.69, 9.17) is 5.26 Å². The van der Waals surface area contributed by atoms with Crippen LogP contribution in [0.15, 0.2) is 0 Å². The molecule has 0 N–H and O–H groups in total. The molecule has 1 atom stereocenters. The maximum absolute atomic E-state index is 8.77. The molecule has 0 aromatic carbocycles. The minimum Gasteiger partial charge on any atom is -0.198 e. The van der Waals surface area contributed by atoms with Gasteiger partial charge in [-0.3, -0.25) is 0 Å². The molecule has 1 unspecified atom stereocenters. The molecular formula is C8H13NS. The molecule has 0 spiro atoms. The van der Waals surface area contributed by atoms with Crippen LogP contribution < -0.4 is 0 Å². The SMILES string of the molecule is CC(C)C(C#N)C1CSC1. The van der Waals surface area contributed by atoms with E-state index in [1.54, 1.807) is 0 Å². The molecule has 1 saturated heterocycles. The van der Waals surface area contributed by atoms with Crippen LogP contribution in [0.1, 0.15) is 13.8 Å². The topological polar surface area (TPSA) is 23.8 Å². The van der Waals surface area contributed by atoms with Gasteiger partial charge in [0.1, 0.15) is 0 Å². The molecule has 0 amide bonds. The zero-order valence-corrected chi connectivity index (χ0v) is 7.32. The van der Waals surface area contributed by atoms with E-state index < -0.39 is 0 Å². The fourth-order valence-corrected chi connectivity index (χ4v) is 2.18. The molecule has 0 aliphatic carbocycles. The monoisotopic (exact) mass is 155 g/mol. The second-order valence-electron chi connectivity index (χ2n) is 3.20. The zero-order chi connectivity index (χ0) is 7.56. The molecule has 56 valence electrons.